The molecular weight excluding hydrogens is 394 g/mol. The molecule has 2 bridgehead atoms. The smallest absolute Gasteiger partial charge is 0.250 e. The molecule has 0 saturated carbocycles. The Morgan fingerprint density at radius 3 is 2.67 bits per heavy atom. The second kappa shape index (κ2) is 8.21. The molecular formula is C25H24ClN3O. The van der Waals surface area contributed by atoms with Gasteiger partial charge in [-0.15, -0.1) is 0 Å². The maximum Gasteiger partial charge on any atom is 0.250 e. The molecule has 0 radical (unpaired) electrons. The topological polar surface area (TPSA) is 38.1 Å². The van der Waals surface area contributed by atoms with Gasteiger partial charge in [-0.1, -0.05) is 42.0 Å². The summed E-state index contributed by atoms with van der Waals surface area (Å²) in [7, 11) is 0. The highest BCUT2D eigenvalue weighted by Gasteiger charge is 2.35. The number of piperidine rings is 1. The van der Waals surface area contributed by atoms with Crippen molar-refractivity contribution in [2.75, 3.05) is 13.1 Å². The highest BCUT2D eigenvalue weighted by atomic mass is 35.5. The fraction of sp³-hybridized carbons (Fsp3) is 0.280. The first-order valence-electron chi connectivity index (χ1n) is 10.5. The number of hydrogen-bond donors (Lipinski definition) is 0. The molecule has 1 saturated heterocycles. The van der Waals surface area contributed by atoms with Gasteiger partial charge in [0.2, 0.25) is 0 Å². The van der Waals surface area contributed by atoms with Crippen LogP contribution in [0.1, 0.15) is 34.9 Å². The van der Waals surface area contributed by atoms with E-state index in [1.807, 2.05) is 53.2 Å². The molecule has 0 amide bonds. The van der Waals surface area contributed by atoms with Crippen LogP contribution in [-0.2, 0) is 13.1 Å². The number of hydrogen-bond acceptors (Lipinski definition) is 3. The predicted octanol–water partition coefficient (Wildman–Crippen LogP) is 4.69. The van der Waals surface area contributed by atoms with E-state index in [1.165, 1.54) is 5.69 Å². The Labute approximate surface area is 181 Å². The molecule has 2 atom stereocenters. The van der Waals surface area contributed by atoms with Gasteiger partial charge in [-0.3, -0.25) is 14.7 Å². The van der Waals surface area contributed by atoms with Crippen molar-refractivity contribution in [2.24, 2.45) is 5.92 Å². The molecule has 2 aliphatic rings. The Morgan fingerprint density at radius 1 is 1.00 bits per heavy atom. The lowest BCUT2D eigenvalue weighted by Crippen LogP contribution is -2.47. The van der Waals surface area contributed by atoms with Crippen LogP contribution in [0, 0.1) is 5.92 Å². The van der Waals surface area contributed by atoms with Gasteiger partial charge in [-0.05, 0) is 53.8 Å². The molecule has 3 aromatic rings. The monoisotopic (exact) mass is 417 g/mol. The normalized spacial score (nSPS) is 21.0. The quantitative estimate of drug-likeness (QED) is 0.618. The molecule has 152 valence electrons. The summed E-state index contributed by atoms with van der Waals surface area (Å²) in [5.41, 5.74) is 4.62. The minimum atomic E-state index is 0.113. The fourth-order valence-corrected chi connectivity index (χ4v) is 5.02. The van der Waals surface area contributed by atoms with Crippen molar-refractivity contribution >= 4 is 23.8 Å². The summed E-state index contributed by atoms with van der Waals surface area (Å²) in [6, 6.07) is 17.6. The van der Waals surface area contributed by atoms with E-state index in [1.54, 1.807) is 6.07 Å². The SMILES string of the molecule is O=c1ccc(C=Cc2ccc(Cl)cc2)c2n1CC1CC2CN(Cc2ccccn2)C1. The fourth-order valence-electron chi connectivity index (χ4n) is 4.90. The minimum Gasteiger partial charge on any atom is -0.311 e. The molecule has 4 nitrogen and oxygen atoms in total. The minimum absolute atomic E-state index is 0.113. The molecule has 0 spiro atoms. The zero-order chi connectivity index (χ0) is 20.5. The molecule has 2 unspecified atom stereocenters. The maximum atomic E-state index is 12.6. The number of fused-ring (bicyclic) bond motifs is 4. The standard InChI is InChI=1S/C25H24ClN3O/c26-22-9-5-18(6-10-22)4-7-20-8-11-24(30)29-15-19-13-21(25(20)29)16-28(14-19)17-23-3-1-2-12-27-23/h1-12,19,21H,13-17H2. The van der Waals surface area contributed by atoms with Crippen molar-refractivity contribution < 1.29 is 0 Å². The van der Waals surface area contributed by atoms with Crippen LogP contribution in [0.15, 0.2) is 65.6 Å². The largest absolute Gasteiger partial charge is 0.311 e. The average Bonchev–Trinajstić information content (AvgIpc) is 2.75. The van der Waals surface area contributed by atoms with Crippen molar-refractivity contribution in [2.45, 2.75) is 25.4 Å². The number of likely N-dealkylation sites (tertiary alicyclic amines) is 1. The van der Waals surface area contributed by atoms with E-state index in [4.69, 9.17) is 11.6 Å². The van der Waals surface area contributed by atoms with Gasteiger partial charge in [0.1, 0.15) is 0 Å². The van der Waals surface area contributed by atoms with Crippen LogP contribution in [0.25, 0.3) is 12.2 Å². The van der Waals surface area contributed by atoms with Crippen LogP contribution < -0.4 is 5.56 Å². The van der Waals surface area contributed by atoms with Crippen LogP contribution in [-0.4, -0.2) is 27.5 Å². The van der Waals surface area contributed by atoms with E-state index < -0.39 is 0 Å². The third-order valence-corrected chi connectivity index (χ3v) is 6.39. The Hall–Kier alpha value is -2.69. The third-order valence-electron chi connectivity index (χ3n) is 6.14. The van der Waals surface area contributed by atoms with Crippen LogP contribution >= 0.6 is 11.6 Å². The second-order valence-corrected chi connectivity index (χ2v) is 8.76. The molecule has 5 heteroatoms. The molecule has 0 N–H and O–H groups in total. The number of nitrogens with zero attached hydrogens (tertiary/aromatic N) is 3. The number of halogens is 1. The highest BCUT2D eigenvalue weighted by Crippen LogP contribution is 2.37. The lowest BCUT2D eigenvalue weighted by Gasteiger charge is -2.43. The van der Waals surface area contributed by atoms with E-state index in [9.17, 15) is 4.79 Å². The summed E-state index contributed by atoms with van der Waals surface area (Å²) < 4.78 is 2.01. The lowest BCUT2D eigenvalue weighted by atomic mass is 9.81. The summed E-state index contributed by atoms with van der Waals surface area (Å²) >= 11 is 6.00. The Kier molecular flexibility index (Phi) is 5.28. The molecule has 5 rings (SSSR count). The van der Waals surface area contributed by atoms with E-state index >= 15 is 0 Å². The molecule has 30 heavy (non-hydrogen) atoms. The Morgan fingerprint density at radius 2 is 1.87 bits per heavy atom. The van der Waals surface area contributed by atoms with E-state index in [-0.39, 0.29) is 5.56 Å². The van der Waals surface area contributed by atoms with Crippen molar-refractivity contribution in [1.29, 1.82) is 0 Å². The molecule has 4 heterocycles. The van der Waals surface area contributed by atoms with Crippen LogP contribution in [0.2, 0.25) is 5.02 Å². The molecule has 2 aliphatic heterocycles. The Bertz CT molecular complexity index is 1120. The maximum absolute atomic E-state index is 12.6. The van der Waals surface area contributed by atoms with Gasteiger partial charge in [-0.25, -0.2) is 0 Å². The van der Waals surface area contributed by atoms with E-state index in [0.29, 0.717) is 11.8 Å². The van der Waals surface area contributed by atoms with E-state index in [2.05, 4.69) is 28.1 Å². The lowest BCUT2D eigenvalue weighted by molar-refractivity contribution is 0.113. The van der Waals surface area contributed by atoms with Gasteiger partial charge in [0.05, 0.1) is 5.69 Å². The van der Waals surface area contributed by atoms with Crippen molar-refractivity contribution in [3.8, 4) is 0 Å². The van der Waals surface area contributed by atoms with Crippen LogP contribution in [0.3, 0.4) is 0 Å². The number of benzene rings is 1. The van der Waals surface area contributed by atoms with Gasteiger partial charge in [0.15, 0.2) is 0 Å². The van der Waals surface area contributed by atoms with Crippen LogP contribution in [0.5, 0.6) is 0 Å². The van der Waals surface area contributed by atoms with Gasteiger partial charge < -0.3 is 4.57 Å². The summed E-state index contributed by atoms with van der Waals surface area (Å²) in [5, 5.41) is 0.733. The highest BCUT2D eigenvalue weighted by molar-refractivity contribution is 6.30. The molecule has 1 fully saturated rings. The van der Waals surface area contributed by atoms with Crippen LogP contribution in [0.4, 0.5) is 0 Å². The zero-order valence-corrected chi connectivity index (χ0v) is 17.5. The third kappa shape index (κ3) is 3.98. The summed E-state index contributed by atoms with van der Waals surface area (Å²) in [4.78, 5) is 19.6. The Balaban J connectivity index is 1.44. The first-order chi connectivity index (χ1) is 14.7. The summed E-state index contributed by atoms with van der Waals surface area (Å²) in [5.74, 6) is 0.869. The van der Waals surface area contributed by atoms with Gasteiger partial charge in [0, 0.05) is 55.1 Å². The van der Waals surface area contributed by atoms with Gasteiger partial charge in [0.25, 0.3) is 5.56 Å². The zero-order valence-electron chi connectivity index (χ0n) is 16.7. The van der Waals surface area contributed by atoms with Crippen molar-refractivity contribution in [1.82, 2.24) is 14.5 Å². The number of rotatable bonds is 4. The summed E-state index contributed by atoms with van der Waals surface area (Å²) in [6.07, 6.45) is 7.22. The summed E-state index contributed by atoms with van der Waals surface area (Å²) in [6.45, 7) is 3.63. The van der Waals surface area contributed by atoms with Gasteiger partial charge >= 0.3 is 0 Å². The van der Waals surface area contributed by atoms with Crippen molar-refractivity contribution in [3.63, 3.8) is 0 Å². The second-order valence-electron chi connectivity index (χ2n) is 8.32. The first-order valence-corrected chi connectivity index (χ1v) is 10.8. The molecule has 2 aromatic heterocycles. The van der Waals surface area contributed by atoms with Crippen molar-refractivity contribution in [3.05, 3.63) is 98.7 Å². The first kappa shape index (κ1) is 19.3. The molecule has 1 aromatic carbocycles. The molecule has 0 aliphatic carbocycles. The van der Waals surface area contributed by atoms with Gasteiger partial charge in [-0.2, -0.15) is 0 Å². The average molecular weight is 418 g/mol. The predicted molar refractivity (Wildman–Crippen MR) is 121 cm³/mol. The number of aromatic nitrogens is 2. The van der Waals surface area contributed by atoms with E-state index in [0.717, 1.165) is 54.4 Å². The number of pyridine rings is 2.